The molecule has 3 unspecified atom stereocenters. The molecule has 1 fully saturated rings. The lowest BCUT2D eigenvalue weighted by Gasteiger charge is -2.28. The maximum Gasteiger partial charge on any atom is 0.237 e. The van der Waals surface area contributed by atoms with Crippen LogP contribution in [0.2, 0.25) is 0 Å². The second-order valence-electron chi connectivity index (χ2n) is 4.99. The molecule has 0 radical (unpaired) electrons. The molecule has 0 aliphatic carbocycles. The Hall–Kier alpha value is -0.650. The van der Waals surface area contributed by atoms with Gasteiger partial charge in [-0.05, 0) is 31.7 Å². The molecule has 1 amide bonds. The summed E-state index contributed by atoms with van der Waals surface area (Å²) >= 11 is 0. The summed E-state index contributed by atoms with van der Waals surface area (Å²) in [5.41, 5.74) is 0. The maximum absolute atomic E-state index is 11.9. The highest BCUT2D eigenvalue weighted by Crippen LogP contribution is 2.19. The molecular weight excluding hydrogens is 232 g/mol. The van der Waals surface area contributed by atoms with Crippen LogP contribution in [0.1, 0.15) is 32.6 Å². The van der Waals surface area contributed by atoms with E-state index in [4.69, 9.17) is 4.74 Å². The highest BCUT2D eigenvalue weighted by atomic mass is 16.5. The molecule has 3 N–H and O–H groups in total. The largest absolute Gasteiger partial charge is 0.391 e. The van der Waals surface area contributed by atoms with Crippen LogP contribution in [-0.4, -0.2) is 50.0 Å². The summed E-state index contributed by atoms with van der Waals surface area (Å²) in [5, 5.41) is 15.6. The maximum atomic E-state index is 11.9. The van der Waals surface area contributed by atoms with Gasteiger partial charge in [0.1, 0.15) is 0 Å². The number of hydrogen-bond donors (Lipinski definition) is 3. The topological polar surface area (TPSA) is 70.6 Å². The van der Waals surface area contributed by atoms with Crippen LogP contribution in [0.5, 0.6) is 0 Å². The molecule has 1 aliphatic rings. The van der Waals surface area contributed by atoms with Gasteiger partial charge in [0.15, 0.2) is 0 Å². The fourth-order valence-electron chi connectivity index (χ4n) is 2.33. The van der Waals surface area contributed by atoms with Gasteiger partial charge in [0, 0.05) is 13.7 Å². The summed E-state index contributed by atoms with van der Waals surface area (Å²) in [5.74, 6) is 0.707. The third-order valence-electron chi connectivity index (χ3n) is 3.54. The summed E-state index contributed by atoms with van der Waals surface area (Å²) in [7, 11) is 1.55. The van der Waals surface area contributed by atoms with E-state index < -0.39 is 6.10 Å². The number of piperidine rings is 1. The van der Waals surface area contributed by atoms with Crippen LogP contribution in [0.4, 0.5) is 0 Å². The summed E-state index contributed by atoms with van der Waals surface area (Å²) < 4.78 is 4.83. The van der Waals surface area contributed by atoms with E-state index in [1.165, 1.54) is 0 Å². The SMILES string of the molecule is CCC1CCNC(C(=O)NCCC(O)COC)C1. The van der Waals surface area contributed by atoms with Crippen molar-refractivity contribution in [1.29, 1.82) is 0 Å². The number of methoxy groups -OCH3 is 1. The molecule has 3 atom stereocenters. The van der Waals surface area contributed by atoms with Gasteiger partial charge in [0.25, 0.3) is 0 Å². The Morgan fingerprint density at radius 1 is 1.61 bits per heavy atom. The van der Waals surface area contributed by atoms with Crippen LogP contribution in [0.15, 0.2) is 0 Å². The second-order valence-corrected chi connectivity index (χ2v) is 4.99. The Balaban J connectivity index is 2.19. The summed E-state index contributed by atoms with van der Waals surface area (Å²) in [6.45, 7) is 3.91. The van der Waals surface area contributed by atoms with E-state index >= 15 is 0 Å². The molecule has 1 saturated heterocycles. The lowest BCUT2D eigenvalue weighted by molar-refractivity contribution is -0.124. The third kappa shape index (κ3) is 5.33. The molecule has 5 heteroatoms. The minimum atomic E-state index is -0.502. The first-order valence-corrected chi connectivity index (χ1v) is 6.85. The second kappa shape index (κ2) is 8.45. The summed E-state index contributed by atoms with van der Waals surface area (Å²) in [4.78, 5) is 11.9. The van der Waals surface area contributed by atoms with Crippen molar-refractivity contribution >= 4 is 5.91 Å². The van der Waals surface area contributed by atoms with Crippen LogP contribution >= 0.6 is 0 Å². The first-order chi connectivity index (χ1) is 8.67. The Labute approximate surface area is 109 Å². The van der Waals surface area contributed by atoms with E-state index in [0.717, 1.165) is 25.8 Å². The average Bonchev–Trinajstić information content (AvgIpc) is 2.39. The number of nitrogens with one attached hydrogen (secondary N) is 2. The lowest BCUT2D eigenvalue weighted by Crippen LogP contribution is -2.49. The van der Waals surface area contributed by atoms with Gasteiger partial charge in [-0.15, -0.1) is 0 Å². The summed E-state index contributed by atoms with van der Waals surface area (Å²) in [6.07, 6.45) is 3.25. The minimum Gasteiger partial charge on any atom is -0.391 e. The van der Waals surface area contributed by atoms with Gasteiger partial charge in [-0.25, -0.2) is 0 Å². The van der Waals surface area contributed by atoms with Crippen molar-refractivity contribution in [1.82, 2.24) is 10.6 Å². The lowest BCUT2D eigenvalue weighted by atomic mass is 9.90. The zero-order chi connectivity index (χ0) is 13.4. The summed E-state index contributed by atoms with van der Waals surface area (Å²) in [6, 6.07) is -0.0664. The number of ether oxygens (including phenoxy) is 1. The van der Waals surface area contributed by atoms with Gasteiger partial charge in [0.05, 0.1) is 18.8 Å². The van der Waals surface area contributed by atoms with Gasteiger partial charge in [-0.3, -0.25) is 4.79 Å². The van der Waals surface area contributed by atoms with Crippen LogP contribution < -0.4 is 10.6 Å². The third-order valence-corrected chi connectivity index (χ3v) is 3.54. The van der Waals surface area contributed by atoms with E-state index in [2.05, 4.69) is 17.6 Å². The molecule has 0 spiro atoms. The standard InChI is InChI=1S/C13H26N2O3/c1-3-10-4-6-14-12(8-10)13(17)15-7-5-11(16)9-18-2/h10-12,14,16H,3-9H2,1-2H3,(H,15,17). The van der Waals surface area contributed by atoms with Crippen LogP contribution in [0, 0.1) is 5.92 Å². The zero-order valence-corrected chi connectivity index (χ0v) is 11.4. The Bertz CT molecular complexity index is 248. The molecule has 0 aromatic rings. The zero-order valence-electron chi connectivity index (χ0n) is 11.4. The predicted octanol–water partition coefficient (Wildman–Crippen LogP) is 0.278. The highest BCUT2D eigenvalue weighted by molar-refractivity contribution is 5.81. The van der Waals surface area contributed by atoms with Gasteiger partial charge in [0.2, 0.25) is 5.91 Å². The first kappa shape index (κ1) is 15.4. The number of rotatable bonds is 7. The number of hydrogen-bond acceptors (Lipinski definition) is 4. The normalized spacial score (nSPS) is 25.7. The monoisotopic (exact) mass is 258 g/mol. The van der Waals surface area contributed by atoms with Crippen molar-refractivity contribution in [2.24, 2.45) is 5.92 Å². The van der Waals surface area contributed by atoms with Crippen LogP contribution in [0.3, 0.4) is 0 Å². The van der Waals surface area contributed by atoms with Gasteiger partial charge < -0.3 is 20.5 Å². The number of amides is 1. The van der Waals surface area contributed by atoms with Crippen molar-refractivity contribution in [3.8, 4) is 0 Å². The van der Waals surface area contributed by atoms with E-state index in [-0.39, 0.29) is 11.9 Å². The number of aliphatic hydroxyl groups is 1. The fourth-order valence-corrected chi connectivity index (χ4v) is 2.33. The fraction of sp³-hybridized carbons (Fsp3) is 0.923. The van der Waals surface area contributed by atoms with Crippen molar-refractivity contribution in [2.45, 2.75) is 44.8 Å². The van der Waals surface area contributed by atoms with E-state index in [0.29, 0.717) is 25.5 Å². The molecule has 106 valence electrons. The average molecular weight is 258 g/mol. The first-order valence-electron chi connectivity index (χ1n) is 6.85. The molecule has 18 heavy (non-hydrogen) atoms. The van der Waals surface area contributed by atoms with Gasteiger partial charge in [-0.1, -0.05) is 13.3 Å². The predicted molar refractivity (Wildman–Crippen MR) is 70.3 cm³/mol. The van der Waals surface area contributed by atoms with E-state index in [1.807, 2.05) is 0 Å². The molecule has 1 rings (SSSR count). The molecular formula is C13H26N2O3. The minimum absolute atomic E-state index is 0.0535. The highest BCUT2D eigenvalue weighted by Gasteiger charge is 2.25. The van der Waals surface area contributed by atoms with Crippen LogP contribution in [0.25, 0.3) is 0 Å². The van der Waals surface area contributed by atoms with Gasteiger partial charge in [-0.2, -0.15) is 0 Å². The van der Waals surface area contributed by atoms with Crippen molar-refractivity contribution in [3.05, 3.63) is 0 Å². The number of carbonyl (C=O) groups is 1. The van der Waals surface area contributed by atoms with Crippen molar-refractivity contribution < 1.29 is 14.6 Å². The Morgan fingerprint density at radius 2 is 2.39 bits per heavy atom. The molecule has 0 aromatic heterocycles. The van der Waals surface area contributed by atoms with Crippen molar-refractivity contribution in [3.63, 3.8) is 0 Å². The molecule has 1 heterocycles. The van der Waals surface area contributed by atoms with Crippen LogP contribution in [-0.2, 0) is 9.53 Å². The Kier molecular flexibility index (Phi) is 7.23. The number of carbonyl (C=O) groups excluding carboxylic acids is 1. The Morgan fingerprint density at radius 3 is 3.06 bits per heavy atom. The van der Waals surface area contributed by atoms with E-state index in [1.54, 1.807) is 7.11 Å². The molecule has 5 nitrogen and oxygen atoms in total. The van der Waals surface area contributed by atoms with Gasteiger partial charge >= 0.3 is 0 Å². The molecule has 1 aliphatic heterocycles. The molecule has 0 bridgehead atoms. The quantitative estimate of drug-likeness (QED) is 0.613. The molecule has 0 aromatic carbocycles. The van der Waals surface area contributed by atoms with Crippen molar-refractivity contribution in [2.75, 3.05) is 26.8 Å². The number of aliphatic hydroxyl groups excluding tert-OH is 1. The van der Waals surface area contributed by atoms with E-state index in [9.17, 15) is 9.90 Å². The molecule has 0 saturated carbocycles. The smallest absolute Gasteiger partial charge is 0.237 e.